The molecule has 0 atom stereocenters. The minimum atomic E-state index is -0.305. The van der Waals surface area contributed by atoms with Crippen LogP contribution in [0, 0.1) is 0 Å². The van der Waals surface area contributed by atoms with Gasteiger partial charge in [0.25, 0.3) is 5.91 Å². The van der Waals surface area contributed by atoms with Crippen LogP contribution in [0.4, 0.5) is 5.69 Å². The Morgan fingerprint density at radius 2 is 1.52 bits per heavy atom. The van der Waals surface area contributed by atoms with Gasteiger partial charge in [-0.1, -0.05) is 30.3 Å². The molecule has 0 bridgehead atoms. The van der Waals surface area contributed by atoms with Crippen LogP contribution in [-0.2, 0) is 0 Å². The maximum atomic E-state index is 12.7. The van der Waals surface area contributed by atoms with Gasteiger partial charge in [-0.15, -0.1) is 11.3 Å². The van der Waals surface area contributed by atoms with Crippen LogP contribution in [0.3, 0.4) is 0 Å². The monoisotopic (exact) mass is 392 g/mol. The highest BCUT2D eigenvalue weighted by Crippen LogP contribution is 2.29. The van der Waals surface area contributed by atoms with Crippen LogP contribution >= 0.6 is 23.6 Å². The van der Waals surface area contributed by atoms with Crippen LogP contribution in [0.5, 0.6) is 0 Å². The van der Waals surface area contributed by atoms with Crippen LogP contribution in [0.2, 0.25) is 0 Å². The molecule has 7 heteroatoms. The van der Waals surface area contributed by atoms with E-state index in [2.05, 4.69) is 10.6 Å². The number of hydrogen-bond donors (Lipinski definition) is 2. The number of nitrogens with one attached hydrogen (secondary N) is 2. The van der Waals surface area contributed by atoms with Crippen LogP contribution in [0.15, 0.2) is 60.0 Å². The number of thiophene rings is 1. The van der Waals surface area contributed by atoms with E-state index < -0.39 is 0 Å². The Morgan fingerprint density at radius 1 is 0.852 bits per heavy atom. The summed E-state index contributed by atoms with van der Waals surface area (Å²) in [6.07, 6.45) is 0. The molecule has 0 saturated carbocycles. The predicted molar refractivity (Wildman–Crippen MR) is 108 cm³/mol. The summed E-state index contributed by atoms with van der Waals surface area (Å²) in [5, 5.41) is 7.39. The molecule has 2 N–H and O–H groups in total. The highest BCUT2D eigenvalue weighted by atomic mass is 32.1. The molecule has 1 aromatic heterocycles. The lowest BCUT2D eigenvalue weighted by atomic mass is 9.84. The lowest BCUT2D eigenvalue weighted by Crippen LogP contribution is -2.33. The molecule has 27 heavy (non-hydrogen) atoms. The van der Waals surface area contributed by atoms with Crippen molar-refractivity contribution in [3.63, 3.8) is 0 Å². The van der Waals surface area contributed by atoms with E-state index in [1.54, 1.807) is 60.0 Å². The maximum absolute atomic E-state index is 12.7. The van der Waals surface area contributed by atoms with E-state index in [-0.39, 0.29) is 22.6 Å². The van der Waals surface area contributed by atoms with Gasteiger partial charge in [0.1, 0.15) is 0 Å². The fourth-order valence-electron chi connectivity index (χ4n) is 2.91. The van der Waals surface area contributed by atoms with Gasteiger partial charge in [0.2, 0.25) is 0 Å². The number of amides is 1. The van der Waals surface area contributed by atoms with Gasteiger partial charge in [-0.25, -0.2) is 0 Å². The molecule has 0 fully saturated rings. The zero-order valence-electron chi connectivity index (χ0n) is 13.8. The molecule has 0 unspecified atom stereocenters. The third-order valence-corrected chi connectivity index (χ3v) is 5.23. The number of hydrogen-bond acceptors (Lipinski definition) is 5. The van der Waals surface area contributed by atoms with Crippen LogP contribution in [0.1, 0.15) is 41.5 Å². The molecule has 1 amide bonds. The van der Waals surface area contributed by atoms with Crippen molar-refractivity contribution in [3.05, 3.63) is 87.1 Å². The number of fused-ring (bicyclic) bond motifs is 2. The number of thiocarbonyl (C=S) groups is 1. The molecule has 0 saturated heterocycles. The molecular weight excluding hydrogens is 380 g/mol. The van der Waals surface area contributed by atoms with Gasteiger partial charge in [0, 0.05) is 27.9 Å². The number of rotatable bonds is 2. The molecular formula is C20H12N2O3S2. The third-order valence-electron chi connectivity index (χ3n) is 4.16. The largest absolute Gasteiger partial charge is 0.332 e. The Hall–Kier alpha value is -3.16. The van der Waals surface area contributed by atoms with Crippen molar-refractivity contribution in [2.45, 2.75) is 0 Å². The smallest absolute Gasteiger partial charge is 0.267 e. The lowest BCUT2D eigenvalue weighted by molar-refractivity contribution is 0.0979. The van der Waals surface area contributed by atoms with E-state index in [4.69, 9.17) is 12.2 Å². The zero-order valence-corrected chi connectivity index (χ0v) is 15.4. The van der Waals surface area contributed by atoms with Gasteiger partial charge < -0.3 is 5.32 Å². The van der Waals surface area contributed by atoms with Crippen molar-refractivity contribution in [2.75, 3.05) is 5.32 Å². The van der Waals surface area contributed by atoms with E-state index in [0.717, 1.165) is 0 Å². The quantitative estimate of drug-likeness (QED) is 0.510. The summed E-state index contributed by atoms with van der Waals surface area (Å²) in [6.45, 7) is 0. The Morgan fingerprint density at radius 3 is 2.19 bits per heavy atom. The van der Waals surface area contributed by atoms with Crippen molar-refractivity contribution in [1.82, 2.24) is 5.32 Å². The van der Waals surface area contributed by atoms with Crippen LogP contribution < -0.4 is 10.6 Å². The van der Waals surface area contributed by atoms with Crippen LogP contribution in [0.25, 0.3) is 0 Å². The average molecular weight is 392 g/mol. The highest BCUT2D eigenvalue weighted by molar-refractivity contribution is 7.80. The first-order chi connectivity index (χ1) is 13.0. The minimum absolute atomic E-state index is 0.114. The molecule has 2 aromatic carbocycles. The van der Waals surface area contributed by atoms with Gasteiger partial charge >= 0.3 is 0 Å². The summed E-state index contributed by atoms with van der Waals surface area (Å²) in [6, 6.07) is 15.1. The number of ketones is 2. The molecule has 1 aliphatic carbocycles. The summed E-state index contributed by atoms with van der Waals surface area (Å²) >= 11 is 6.48. The van der Waals surface area contributed by atoms with Crippen molar-refractivity contribution < 1.29 is 14.4 Å². The first-order valence-electron chi connectivity index (χ1n) is 8.03. The molecule has 0 spiro atoms. The predicted octanol–water partition coefficient (Wildman–Crippen LogP) is 3.65. The molecule has 0 aliphatic heterocycles. The van der Waals surface area contributed by atoms with Crippen molar-refractivity contribution >= 4 is 51.8 Å². The number of carbonyl (C=O) groups is 3. The standard InChI is InChI=1S/C20H12N2O3S2/c23-17-12-4-1-2-5-13(12)18(24)15-10-11(7-8-14(15)17)21-20(26)22-19(25)16-6-3-9-27-16/h1-10H,(H2,21,22,25,26). The molecule has 0 radical (unpaired) electrons. The molecule has 3 aromatic rings. The minimum Gasteiger partial charge on any atom is -0.332 e. The summed E-state index contributed by atoms with van der Waals surface area (Å²) in [7, 11) is 0. The second-order valence-electron chi connectivity index (χ2n) is 5.85. The first kappa shape index (κ1) is 17.3. The van der Waals surface area contributed by atoms with Gasteiger partial charge in [0.05, 0.1) is 4.88 Å². The summed E-state index contributed by atoms with van der Waals surface area (Å²) < 4.78 is 0. The molecule has 1 aliphatic rings. The van der Waals surface area contributed by atoms with Crippen molar-refractivity contribution in [1.29, 1.82) is 0 Å². The van der Waals surface area contributed by atoms with E-state index in [9.17, 15) is 14.4 Å². The number of benzene rings is 2. The second-order valence-corrected chi connectivity index (χ2v) is 7.21. The normalized spacial score (nSPS) is 12.1. The van der Waals surface area contributed by atoms with E-state index >= 15 is 0 Å². The Balaban J connectivity index is 1.56. The molecule has 4 rings (SSSR count). The number of anilines is 1. The van der Waals surface area contributed by atoms with Crippen LogP contribution in [-0.4, -0.2) is 22.6 Å². The number of carbonyl (C=O) groups excluding carboxylic acids is 3. The third kappa shape index (κ3) is 3.18. The fraction of sp³-hybridized carbons (Fsp3) is 0. The van der Waals surface area contributed by atoms with E-state index in [1.165, 1.54) is 11.3 Å². The fourth-order valence-corrected chi connectivity index (χ4v) is 3.74. The molecule has 132 valence electrons. The van der Waals surface area contributed by atoms with E-state index in [1.807, 2.05) is 0 Å². The topological polar surface area (TPSA) is 75.3 Å². The van der Waals surface area contributed by atoms with Crippen molar-refractivity contribution in [3.8, 4) is 0 Å². The maximum Gasteiger partial charge on any atom is 0.267 e. The highest BCUT2D eigenvalue weighted by Gasteiger charge is 2.29. The molecule has 5 nitrogen and oxygen atoms in total. The first-order valence-corrected chi connectivity index (χ1v) is 9.31. The SMILES string of the molecule is O=C(NC(=S)Nc1ccc2c(c1)C(=O)c1ccccc1C2=O)c1cccs1. The Bertz CT molecular complexity index is 1100. The van der Waals surface area contributed by atoms with Gasteiger partial charge in [-0.3, -0.25) is 19.7 Å². The van der Waals surface area contributed by atoms with Gasteiger partial charge in [-0.05, 0) is 41.9 Å². The summed E-state index contributed by atoms with van der Waals surface area (Å²) in [4.78, 5) is 37.9. The average Bonchev–Trinajstić information content (AvgIpc) is 3.21. The molecule has 1 heterocycles. The zero-order chi connectivity index (χ0) is 19.0. The second kappa shape index (κ2) is 6.86. The Kier molecular flexibility index (Phi) is 4.39. The Labute approximate surface area is 164 Å². The summed E-state index contributed by atoms with van der Waals surface area (Å²) in [5.41, 5.74) is 2.00. The van der Waals surface area contributed by atoms with Gasteiger partial charge in [-0.2, -0.15) is 0 Å². The van der Waals surface area contributed by atoms with Crippen molar-refractivity contribution in [2.24, 2.45) is 0 Å². The van der Waals surface area contributed by atoms with E-state index in [0.29, 0.717) is 32.8 Å². The lowest BCUT2D eigenvalue weighted by Gasteiger charge is -2.18. The van der Waals surface area contributed by atoms with Gasteiger partial charge in [0.15, 0.2) is 16.7 Å². The summed E-state index contributed by atoms with van der Waals surface area (Å²) in [5.74, 6) is -0.696.